The Morgan fingerprint density at radius 1 is 1.39 bits per heavy atom. The third-order valence-corrected chi connectivity index (χ3v) is 4.36. The quantitative estimate of drug-likeness (QED) is 0.779. The maximum absolute atomic E-state index is 11.1. The first-order valence-corrected chi connectivity index (χ1v) is 7.88. The maximum Gasteiger partial charge on any atom is 0.434 e. The van der Waals surface area contributed by atoms with Crippen molar-refractivity contribution in [2.75, 3.05) is 25.5 Å². The first-order chi connectivity index (χ1) is 11.2. The van der Waals surface area contributed by atoms with Crippen molar-refractivity contribution in [2.24, 2.45) is 5.92 Å². The number of aromatic nitrogens is 2. The van der Waals surface area contributed by atoms with Gasteiger partial charge in [0.25, 0.3) is 0 Å². The molecule has 0 unspecified atom stereocenters. The summed E-state index contributed by atoms with van der Waals surface area (Å²) in [6.45, 7) is 4.31. The van der Waals surface area contributed by atoms with Gasteiger partial charge < -0.3 is 19.8 Å². The van der Waals surface area contributed by atoms with Crippen molar-refractivity contribution in [2.45, 2.75) is 25.8 Å². The molecule has 3 N–H and O–H groups in total. The van der Waals surface area contributed by atoms with Crippen molar-refractivity contribution in [3.8, 4) is 17.2 Å². The normalized spacial score (nSPS) is 17.0. The second-order valence-corrected chi connectivity index (χ2v) is 5.85. The molecule has 0 spiro atoms. The molecule has 0 saturated carbocycles. The predicted octanol–water partition coefficient (Wildman–Crippen LogP) is 1.84. The molecule has 1 fully saturated rings. The molecule has 1 saturated heterocycles. The molecule has 1 aliphatic heterocycles. The van der Waals surface area contributed by atoms with Crippen molar-refractivity contribution < 1.29 is 9.15 Å². The number of H-pyrrole nitrogens is 1. The summed E-state index contributed by atoms with van der Waals surface area (Å²) in [5, 5.41) is 13.1. The number of aromatic amines is 1. The van der Waals surface area contributed by atoms with E-state index in [1.54, 1.807) is 7.11 Å². The molecule has 0 bridgehead atoms. The molecule has 7 nitrogen and oxygen atoms in total. The summed E-state index contributed by atoms with van der Waals surface area (Å²) in [6, 6.07) is 5.89. The minimum Gasteiger partial charge on any atom is -0.495 e. The fourth-order valence-electron chi connectivity index (χ4n) is 3.01. The second-order valence-electron chi connectivity index (χ2n) is 5.85. The van der Waals surface area contributed by atoms with Crippen LogP contribution < -0.4 is 21.1 Å². The van der Waals surface area contributed by atoms with E-state index in [2.05, 4.69) is 27.8 Å². The fourth-order valence-corrected chi connectivity index (χ4v) is 3.01. The van der Waals surface area contributed by atoms with Gasteiger partial charge in [-0.3, -0.25) is 0 Å². The molecule has 3 rings (SSSR count). The first kappa shape index (κ1) is 15.6. The van der Waals surface area contributed by atoms with Gasteiger partial charge in [-0.15, -0.1) is 5.10 Å². The van der Waals surface area contributed by atoms with Crippen LogP contribution in [-0.4, -0.2) is 36.4 Å². The van der Waals surface area contributed by atoms with Gasteiger partial charge in [-0.2, -0.15) is 0 Å². The summed E-state index contributed by atoms with van der Waals surface area (Å²) in [4.78, 5) is 11.1. The molecule has 1 aliphatic rings. The highest BCUT2D eigenvalue weighted by Crippen LogP contribution is 2.31. The molecule has 7 heteroatoms. The predicted molar refractivity (Wildman–Crippen MR) is 87.8 cm³/mol. The SMILES string of the molecule is COc1ccc(-c2n[nH]c(=O)o2)cc1N[C@@H](C)C1CCNCC1. The molecule has 1 aromatic heterocycles. The van der Waals surface area contributed by atoms with Gasteiger partial charge in [0.2, 0.25) is 5.89 Å². The summed E-state index contributed by atoms with van der Waals surface area (Å²) in [5.74, 6) is 1.09. The molecule has 0 aliphatic carbocycles. The van der Waals surface area contributed by atoms with Crippen LogP contribution in [0.3, 0.4) is 0 Å². The highest BCUT2D eigenvalue weighted by Gasteiger charge is 2.21. The minimum absolute atomic E-state index is 0.273. The van der Waals surface area contributed by atoms with Gasteiger partial charge in [0.15, 0.2) is 0 Å². The summed E-state index contributed by atoms with van der Waals surface area (Å²) < 4.78 is 10.5. The number of benzene rings is 1. The van der Waals surface area contributed by atoms with E-state index in [-0.39, 0.29) is 5.89 Å². The lowest BCUT2D eigenvalue weighted by atomic mass is 9.91. The summed E-state index contributed by atoms with van der Waals surface area (Å²) in [6.07, 6.45) is 2.31. The van der Waals surface area contributed by atoms with Crippen LogP contribution in [-0.2, 0) is 0 Å². The first-order valence-electron chi connectivity index (χ1n) is 7.88. The van der Waals surface area contributed by atoms with Crippen LogP contribution >= 0.6 is 0 Å². The number of hydrogen-bond acceptors (Lipinski definition) is 6. The number of nitrogens with one attached hydrogen (secondary N) is 3. The number of piperidine rings is 1. The molecule has 23 heavy (non-hydrogen) atoms. The van der Waals surface area contributed by atoms with Gasteiger partial charge in [0.05, 0.1) is 12.8 Å². The third-order valence-electron chi connectivity index (χ3n) is 4.36. The molecule has 1 aromatic carbocycles. The van der Waals surface area contributed by atoms with E-state index in [0.29, 0.717) is 12.0 Å². The van der Waals surface area contributed by atoms with Gasteiger partial charge in [-0.25, -0.2) is 9.89 Å². The zero-order chi connectivity index (χ0) is 16.2. The standard InChI is InChI=1S/C16H22N4O3/c1-10(11-5-7-17-8-6-11)18-13-9-12(3-4-14(13)22-2)15-19-20-16(21)23-15/h3-4,9-11,17-18H,5-8H2,1-2H3,(H,20,21)/t10-/m0/s1. The van der Waals surface area contributed by atoms with E-state index in [4.69, 9.17) is 9.15 Å². The Balaban J connectivity index is 1.82. The Hall–Kier alpha value is -2.28. The Morgan fingerprint density at radius 2 is 2.17 bits per heavy atom. The van der Waals surface area contributed by atoms with Gasteiger partial charge >= 0.3 is 5.76 Å². The van der Waals surface area contributed by atoms with Crippen LogP contribution in [0, 0.1) is 5.92 Å². The number of hydrogen-bond donors (Lipinski definition) is 3. The third kappa shape index (κ3) is 3.56. The van der Waals surface area contributed by atoms with Gasteiger partial charge in [0.1, 0.15) is 5.75 Å². The lowest BCUT2D eigenvalue weighted by Gasteiger charge is -2.30. The molecule has 2 heterocycles. The summed E-state index contributed by atoms with van der Waals surface area (Å²) in [5.41, 5.74) is 1.60. The average Bonchev–Trinajstić information content (AvgIpc) is 3.02. The second kappa shape index (κ2) is 6.87. The van der Waals surface area contributed by atoms with Crippen LogP contribution in [0.4, 0.5) is 5.69 Å². The van der Waals surface area contributed by atoms with Crippen LogP contribution in [0.25, 0.3) is 11.5 Å². The van der Waals surface area contributed by atoms with E-state index in [0.717, 1.165) is 42.9 Å². The van der Waals surface area contributed by atoms with Gasteiger partial charge in [0, 0.05) is 11.6 Å². The minimum atomic E-state index is -0.562. The topological polar surface area (TPSA) is 92.2 Å². The molecule has 124 valence electrons. The number of nitrogens with zero attached hydrogens (tertiary/aromatic N) is 1. The molecule has 1 atom stereocenters. The van der Waals surface area contributed by atoms with Crippen molar-refractivity contribution in [1.29, 1.82) is 0 Å². The van der Waals surface area contributed by atoms with Crippen LogP contribution in [0.1, 0.15) is 19.8 Å². The van der Waals surface area contributed by atoms with Crippen molar-refractivity contribution in [3.05, 3.63) is 28.7 Å². The number of anilines is 1. The van der Waals surface area contributed by atoms with Gasteiger partial charge in [-0.05, 0) is 57.0 Å². The maximum atomic E-state index is 11.1. The molecule has 0 amide bonds. The highest BCUT2D eigenvalue weighted by molar-refractivity contribution is 5.67. The largest absolute Gasteiger partial charge is 0.495 e. The Morgan fingerprint density at radius 3 is 2.83 bits per heavy atom. The van der Waals surface area contributed by atoms with Crippen LogP contribution in [0.15, 0.2) is 27.4 Å². The average molecular weight is 318 g/mol. The molecule has 0 radical (unpaired) electrons. The smallest absolute Gasteiger partial charge is 0.434 e. The van der Waals surface area contributed by atoms with E-state index in [1.807, 2.05) is 18.2 Å². The van der Waals surface area contributed by atoms with Crippen molar-refractivity contribution in [3.63, 3.8) is 0 Å². The van der Waals surface area contributed by atoms with E-state index < -0.39 is 5.76 Å². The Labute approximate surface area is 134 Å². The molecular weight excluding hydrogens is 296 g/mol. The van der Waals surface area contributed by atoms with E-state index >= 15 is 0 Å². The highest BCUT2D eigenvalue weighted by atomic mass is 16.5. The van der Waals surface area contributed by atoms with E-state index in [9.17, 15) is 4.79 Å². The Bertz CT molecular complexity index is 703. The number of ether oxygens (including phenoxy) is 1. The lowest BCUT2D eigenvalue weighted by Crippen LogP contribution is -2.36. The van der Waals surface area contributed by atoms with E-state index in [1.165, 1.54) is 0 Å². The number of rotatable bonds is 5. The Kier molecular flexibility index (Phi) is 4.66. The summed E-state index contributed by atoms with van der Waals surface area (Å²) >= 11 is 0. The summed E-state index contributed by atoms with van der Waals surface area (Å²) in [7, 11) is 1.64. The molecular formula is C16H22N4O3. The van der Waals surface area contributed by atoms with Gasteiger partial charge in [-0.1, -0.05) is 0 Å². The van der Waals surface area contributed by atoms with Crippen LogP contribution in [0.5, 0.6) is 5.75 Å². The van der Waals surface area contributed by atoms with Crippen molar-refractivity contribution in [1.82, 2.24) is 15.5 Å². The van der Waals surface area contributed by atoms with Crippen molar-refractivity contribution >= 4 is 5.69 Å². The fraction of sp³-hybridized carbons (Fsp3) is 0.500. The zero-order valence-corrected chi connectivity index (χ0v) is 13.4. The lowest BCUT2D eigenvalue weighted by molar-refractivity contribution is 0.342. The van der Waals surface area contributed by atoms with Crippen LogP contribution in [0.2, 0.25) is 0 Å². The zero-order valence-electron chi connectivity index (χ0n) is 13.4. The monoisotopic (exact) mass is 318 g/mol. The molecule has 2 aromatic rings. The number of methoxy groups -OCH3 is 1.